The van der Waals surface area contributed by atoms with Gasteiger partial charge in [-0.25, -0.2) is 0 Å². The number of nitrogens with two attached hydrogens (primary N) is 1. The quantitative estimate of drug-likeness (QED) is 0.783. The molecule has 0 radical (unpaired) electrons. The molecule has 2 atom stereocenters. The molecule has 104 valence electrons. The van der Waals surface area contributed by atoms with E-state index in [1.54, 1.807) is 0 Å². The summed E-state index contributed by atoms with van der Waals surface area (Å²) in [6.07, 6.45) is 0. The lowest BCUT2D eigenvalue weighted by Gasteiger charge is -2.42. The maximum Gasteiger partial charge on any atom is 0.256 e. The summed E-state index contributed by atoms with van der Waals surface area (Å²) in [6.45, 7) is 7.79. The largest absolute Gasteiger partial charge is 0.398 e. The number of anilines is 1. The van der Waals surface area contributed by atoms with Gasteiger partial charge in [-0.1, -0.05) is 11.6 Å². The van der Waals surface area contributed by atoms with Crippen molar-refractivity contribution in [1.29, 1.82) is 0 Å². The minimum absolute atomic E-state index is 0.0491. The third-order valence-electron chi connectivity index (χ3n) is 4.09. The summed E-state index contributed by atoms with van der Waals surface area (Å²) in [5.41, 5.74) is 8.19. The van der Waals surface area contributed by atoms with Gasteiger partial charge in [0.05, 0.1) is 5.56 Å². The van der Waals surface area contributed by atoms with E-state index in [-0.39, 0.29) is 5.91 Å². The van der Waals surface area contributed by atoms with Crippen LogP contribution in [0.2, 0.25) is 0 Å². The number of carbonyl (C=O) groups excluding carboxylic acids is 1. The SMILES string of the molecule is Cc1ccc(N)c(C(=O)N2CC(C)N(C)C(C)C2)c1. The average molecular weight is 261 g/mol. The lowest BCUT2D eigenvalue weighted by atomic mass is 10.0. The molecule has 1 amide bonds. The molecule has 1 heterocycles. The van der Waals surface area contributed by atoms with Crippen molar-refractivity contribution in [3.8, 4) is 0 Å². The summed E-state index contributed by atoms with van der Waals surface area (Å²) in [5, 5.41) is 0. The number of hydrogen-bond acceptors (Lipinski definition) is 3. The van der Waals surface area contributed by atoms with Crippen LogP contribution in [0.1, 0.15) is 29.8 Å². The van der Waals surface area contributed by atoms with Crippen LogP contribution in [-0.2, 0) is 0 Å². The Morgan fingerprint density at radius 3 is 2.42 bits per heavy atom. The van der Waals surface area contributed by atoms with Crippen LogP contribution in [0.3, 0.4) is 0 Å². The highest BCUT2D eigenvalue weighted by Crippen LogP contribution is 2.20. The summed E-state index contributed by atoms with van der Waals surface area (Å²) >= 11 is 0. The zero-order valence-corrected chi connectivity index (χ0v) is 12.2. The molecule has 0 spiro atoms. The molecule has 1 fully saturated rings. The van der Waals surface area contributed by atoms with Gasteiger partial charge in [0.15, 0.2) is 0 Å². The minimum Gasteiger partial charge on any atom is -0.398 e. The number of nitrogens with zero attached hydrogens (tertiary/aromatic N) is 2. The second kappa shape index (κ2) is 5.21. The summed E-state index contributed by atoms with van der Waals surface area (Å²) in [6, 6.07) is 6.37. The van der Waals surface area contributed by atoms with E-state index in [1.165, 1.54) is 0 Å². The first-order valence-electron chi connectivity index (χ1n) is 6.77. The van der Waals surface area contributed by atoms with Crippen molar-refractivity contribution < 1.29 is 4.79 Å². The molecule has 1 aromatic carbocycles. The summed E-state index contributed by atoms with van der Waals surface area (Å²) < 4.78 is 0. The fraction of sp³-hybridized carbons (Fsp3) is 0.533. The molecule has 4 heteroatoms. The molecule has 0 aliphatic carbocycles. The van der Waals surface area contributed by atoms with E-state index in [2.05, 4.69) is 25.8 Å². The molecule has 0 saturated carbocycles. The first kappa shape index (κ1) is 13.9. The van der Waals surface area contributed by atoms with Crippen LogP contribution in [0.15, 0.2) is 18.2 Å². The van der Waals surface area contributed by atoms with Gasteiger partial charge in [0, 0.05) is 30.9 Å². The normalized spacial score (nSPS) is 24.5. The van der Waals surface area contributed by atoms with Crippen molar-refractivity contribution in [2.45, 2.75) is 32.9 Å². The monoisotopic (exact) mass is 261 g/mol. The minimum atomic E-state index is 0.0491. The predicted octanol–water partition coefficient (Wildman–Crippen LogP) is 1.74. The molecule has 2 unspecified atom stereocenters. The van der Waals surface area contributed by atoms with Crippen LogP contribution in [0.25, 0.3) is 0 Å². The zero-order chi connectivity index (χ0) is 14.2. The Morgan fingerprint density at radius 1 is 1.26 bits per heavy atom. The zero-order valence-electron chi connectivity index (χ0n) is 12.2. The van der Waals surface area contributed by atoms with Crippen molar-refractivity contribution in [2.24, 2.45) is 0 Å². The van der Waals surface area contributed by atoms with E-state index in [4.69, 9.17) is 5.73 Å². The van der Waals surface area contributed by atoms with E-state index in [0.29, 0.717) is 23.3 Å². The third-order valence-corrected chi connectivity index (χ3v) is 4.09. The van der Waals surface area contributed by atoms with E-state index in [9.17, 15) is 4.79 Å². The number of hydrogen-bond donors (Lipinski definition) is 1. The van der Waals surface area contributed by atoms with E-state index < -0.39 is 0 Å². The Bertz CT molecular complexity index is 474. The smallest absolute Gasteiger partial charge is 0.256 e. The molecule has 4 nitrogen and oxygen atoms in total. The summed E-state index contributed by atoms with van der Waals surface area (Å²) in [4.78, 5) is 16.8. The van der Waals surface area contributed by atoms with Gasteiger partial charge >= 0.3 is 0 Å². The van der Waals surface area contributed by atoms with Crippen LogP contribution in [0.5, 0.6) is 0 Å². The van der Waals surface area contributed by atoms with Gasteiger partial charge in [-0.05, 0) is 40.0 Å². The second-order valence-corrected chi connectivity index (χ2v) is 5.66. The highest BCUT2D eigenvalue weighted by atomic mass is 16.2. The van der Waals surface area contributed by atoms with Crippen molar-refractivity contribution in [3.63, 3.8) is 0 Å². The van der Waals surface area contributed by atoms with Gasteiger partial charge in [-0.3, -0.25) is 9.69 Å². The fourth-order valence-corrected chi connectivity index (χ4v) is 2.60. The number of rotatable bonds is 1. The molecule has 1 aliphatic heterocycles. The lowest BCUT2D eigenvalue weighted by molar-refractivity contribution is 0.0415. The predicted molar refractivity (Wildman–Crippen MR) is 78.2 cm³/mol. The van der Waals surface area contributed by atoms with Gasteiger partial charge in [-0.2, -0.15) is 0 Å². The maximum absolute atomic E-state index is 12.6. The number of piperazine rings is 1. The summed E-state index contributed by atoms with van der Waals surface area (Å²) in [7, 11) is 2.11. The summed E-state index contributed by atoms with van der Waals surface area (Å²) in [5.74, 6) is 0.0491. The highest BCUT2D eigenvalue weighted by molar-refractivity contribution is 5.99. The molecule has 1 aliphatic rings. The second-order valence-electron chi connectivity index (χ2n) is 5.66. The van der Waals surface area contributed by atoms with Gasteiger partial charge in [0.25, 0.3) is 5.91 Å². The van der Waals surface area contributed by atoms with Gasteiger partial charge in [0.1, 0.15) is 0 Å². The Morgan fingerprint density at radius 2 is 1.84 bits per heavy atom. The topological polar surface area (TPSA) is 49.6 Å². The average Bonchev–Trinajstić information content (AvgIpc) is 2.37. The van der Waals surface area contributed by atoms with Crippen LogP contribution in [0.4, 0.5) is 5.69 Å². The molecule has 2 N–H and O–H groups in total. The number of likely N-dealkylation sites (N-methyl/N-ethyl adjacent to an activating group) is 1. The van der Waals surface area contributed by atoms with Crippen molar-refractivity contribution in [1.82, 2.24) is 9.80 Å². The Labute approximate surface area is 115 Å². The van der Waals surface area contributed by atoms with E-state index in [0.717, 1.165) is 18.7 Å². The molecule has 0 bridgehead atoms. The van der Waals surface area contributed by atoms with E-state index in [1.807, 2.05) is 30.0 Å². The van der Waals surface area contributed by atoms with Crippen LogP contribution in [0, 0.1) is 6.92 Å². The van der Waals surface area contributed by atoms with Gasteiger partial charge < -0.3 is 10.6 Å². The van der Waals surface area contributed by atoms with Crippen molar-refractivity contribution >= 4 is 11.6 Å². The highest BCUT2D eigenvalue weighted by Gasteiger charge is 2.30. The Hall–Kier alpha value is -1.55. The Kier molecular flexibility index (Phi) is 3.80. The van der Waals surface area contributed by atoms with Crippen molar-refractivity contribution in [3.05, 3.63) is 29.3 Å². The number of aryl methyl sites for hydroxylation is 1. The molecular formula is C15H23N3O. The molecule has 1 saturated heterocycles. The van der Waals surface area contributed by atoms with Crippen molar-refractivity contribution in [2.75, 3.05) is 25.9 Å². The molecule has 19 heavy (non-hydrogen) atoms. The van der Waals surface area contributed by atoms with Gasteiger partial charge in [0.2, 0.25) is 0 Å². The first-order chi connectivity index (χ1) is 8.90. The molecular weight excluding hydrogens is 238 g/mol. The molecule has 2 rings (SSSR count). The number of amides is 1. The number of benzene rings is 1. The number of carbonyl (C=O) groups is 1. The van der Waals surface area contributed by atoms with Crippen LogP contribution in [-0.4, -0.2) is 47.9 Å². The molecule has 1 aromatic rings. The third kappa shape index (κ3) is 2.73. The van der Waals surface area contributed by atoms with Crippen LogP contribution < -0.4 is 5.73 Å². The fourth-order valence-electron chi connectivity index (χ4n) is 2.60. The maximum atomic E-state index is 12.6. The molecule has 0 aromatic heterocycles. The van der Waals surface area contributed by atoms with Gasteiger partial charge in [-0.15, -0.1) is 0 Å². The van der Waals surface area contributed by atoms with Crippen LogP contribution >= 0.6 is 0 Å². The Balaban J connectivity index is 2.22. The van der Waals surface area contributed by atoms with E-state index >= 15 is 0 Å². The first-order valence-corrected chi connectivity index (χ1v) is 6.77. The number of nitrogen functional groups attached to an aromatic ring is 1. The standard InChI is InChI=1S/C15H23N3O/c1-10-5-6-14(16)13(7-10)15(19)18-8-11(2)17(4)12(3)9-18/h5-7,11-12H,8-9,16H2,1-4H3. The lowest BCUT2D eigenvalue weighted by Crippen LogP contribution is -2.56.